The minimum absolute atomic E-state index is 0.149. The maximum atomic E-state index is 12.5. The molecule has 0 fully saturated rings. The van der Waals surface area contributed by atoms with E-state index in [4.69, 9.17) is 4.42 Å². The van der Waals surface area contributed by atoms with E-state index in [1.165, 1.54) is 24.0 Å². The topological polar surface area (TPSA) is 59.3 Å². The molecule has 138 valence electrons. The van der Waals surface area contributed by atoms with Gasteiger partial charge < -0.3 is 9.73 Å². The van der Waals surface area contributed by atoms with Gasteiger partial charge in [-0.05, 0) is 55.7 Å². The molecule has 0 aliphatic heterocycles. The first-order valence-corrected chi connectivity index (χ1v) is 9.17. The summed E-state index contributed by atoms with van der Waals surface area (Å²) in [6.07, 6.45) is 7.57. The second-order valence-electron chi connectivity index (χ2n) is 6.64. The van der Waals surface area contributed by atoms with E-state index >= 15 is 0 Å². The first kappa shape index (κ1) is 18.6. The smallest absolute Gasteiger partial charge is 0.248 e. The summed E-state index contributed by atoms with van der Waals surface area (Å²) in [7, 11) is 0. The predicted molar refractivity (Wildman–Crippen MR) is 110 cm³/mol. The number of nitrogens with one attached hydrogen (secondary N) is 1. The molecule has 3 rings (SSSR count). The average Bonchev–Trinajstić information content (AvgIpc) is 2.67. The third kappa shape index (κ3) is 4.73. The van der Waals surface area contributed by atoms with Gasteiger partial charge in [-0.25, -0.2) is 0 Å². The molecule has 0 saturated carbocycles. The number of hydrogen-bond acceptors (Lipinski definition) is 3. The van der Waals surface area contributed by atoms with E-state index in [1.54, 1.807) is 12.1 Å². The standard InChI is InChI=1S/C23H23NO3/c1-3-4-5-17-7-10-19(11-8-17)24-22(25)13-9-18-15-27-21-12-6-16(2)14-20(21)23(18)26/h6-15H,3-5H2,1-2H3,(H,24,25)/b13-9+. The van der Waals surface area contributed by atoms with Gasteiger partial charge in [-0.15, -0.1) is 0 Å². The Balaban J connectivity index is 1.70. The van der Waals surface area contributed by atoms with Gasteiger partial charge in [0.05, 0.1) is 10.9 Å². The lowest BCUT2D eigenvalue weighted by Crippen LogP contribution is -2.09. The van der Waals surface area contributed by atoms with Gasteiger partial charge in [-0.1, -0.05) is 37.1 Å². The van der Waals surface area contributed by atoms with Gasteiger partial charge >= 0.3 is 0 Å². The van der Waals surface area contributed by atoms with Crippen molar-refractivity contribution in [3.8, 4) is 0 Å². The molecule has 0 radical (unpaired) electrons. The molecule has 1 N–H and O–H groups in total. The van der Waals surface area contributed by atoms with Crippen molar-refractivity contribution in [2.75, 3.05) is 5.32 Å². The first-order chi connectivity index (χ1) is 13.1. The molecule has 27 heavy (non-hydrogen) atoms. The Morgan fingerprint density at radius 2 is 1.93 bits per heavy atom. The van der Waals surface area contributed by atoms with E-state index in [0.717, 1.165) is 30.5 Å². The van der Waals surface area contributed by atoms with Crippen LogP contribution in [0.2, 0.25) is 0 Å². The average molecular weight is 361 g/mol. The number of hydrogen-bond donors (Lipinski definition) is 1. The molecule has 1 amide bonds. The quantitative estimate of drug-likeness (QED) is 0.622. The molecular formula is C23H23NO3. The molecule has 0 bridgehead atoms. The van der Waals surface area contributed by atoms with Crippen LogP contribution in [0.5, 0.6) is 0 Å². The van der Waals surface area contributed by atoms with Crippen molar-refractivity contribution in [3.63, 3.8) is 0 Å². The van der Waals surface area contributed by atoms with Crippen molar-refractivity contribution in [2.24, 2.45) is 0 Å². The summed E-state index contributed by atoms with van der Waals surface area (Å²) in [5.41, 5.74) is 3.70. The normalized spacial score (nSPS) is 11.2. The predicted octanol–water partition coefficient (Wildman–Crippen LogP) is 5.10. The van der Waals surface area contributed by atoms with Crippen LogP contribution in [-0.2, 0) is 11.2 Å². The molecule has 1 heterocycles. The lowest BCUT2D eigenvalue weighted by atomic mass is 10.1. The minimum atomic E-state index is -0.292. The van der Waals surface area contributed by atoms with Crippen LogP contribution in [0.25, 0.3) is 17.0 Å². The zero-order valence-electron chi connectivity index (χ0n) is 15.6. The van der Waals surface area contributed by atoms with Crippen molar-refractivity contribution >= 4 is 28.6 Å². The van der Waals surface area contributed by atoms with Gasteiger partial charge in [0.2, 0.25) is 5.91 Å². The minimum Gasteiger partial charge on any atom is -0.463 e. The Kier molecular flexibility index (Phi) is 5.87. The largest absolute Gasteiger partial charge is 0.463 e. The first-order valence-electron chi connectivity index (χ1n) is 9.17. The zero-order chi connectivity index (χ0) is 19.2. The molecule has 4 nitrogen and oxygen atoms in total. The Morgan fingerprint density at radius 3 is 2.67 bits per heavy atom. The summed E-state index contributed by atoms with van der Waals surface area (Å²) in [4.78, 5) is 24.7. The molecule has 3 aromatic rings. The second kappa shape index (κ2) is 8.49. The highest BCUT2D eigenvalue weighted by Crippen LogP contribution is 2.14. The number of carbonyl (C=O) groups is 1. The van der Waals surface area contributed by atoms with Crippen molar-refractivity contribution in [2.45, 2.75) is 33.1 Å². The molecule has 0 atom stereocenters. The van der Waals surface area contributed by atoms with Crippen LogP contribution in [0.3, 0.4) is 0 Å². The van der Waals surface area contributed by atoms with E-state index in [0.29, 0.717) is 16.5 Å². The van der Waals surface area contributed by atoms with Crippen LogP contribution in [0.4, 0.5) is 5.69 Å². The number of amides is 1. The van der Waals surface area contributed by atoms with Crippen molar-refractivity contribution in [3.05, 3.63) is 81.7 Å². The number of aryl methyl sites for hydroxylation is 2. The summed E-state index contributed by atoms with van der Waals surface area (Å²) in [6.45, 7) is 4.08. The number of unbranched alkanes of at least 4 members (excludes halogenated alkanes) is 1. The lowest BCUT2D eigenvalue weighted by Gasteiger charge is -2.04. The summed E-state index contributed by atoms with van der Waals surface area (Å²) < 4.78 is 5.49. The van der Waals surface area contributed by atoms with E-state index in [9.17, 15) is 9.59 Å². The fourth-order valence-electron chi connectivity index (χ4n) is 2.86. The fraction of sp³-hybridized carbons (Fsp3) is 0.217. The van der Waals surface area contributed by atoms with Gasteiger partial charge in [-0.3, -0.25) is 9.59 Å². The molecule has 0 saturated heterocycles. The number of carbonyl (C=O) groups excluding carboxylic acids is 1. The highest BCUT2D eigenvalue weighted by molar-refractivity contribution is 6.02. The van der Waals surface area contributed by atoms with Crippen LogP contribution < -0.4 is 10.7 Å². The second-order valence-corrected chi connectivity index (χ2v) is 6.64. The summed E-state index contributed by atoms with van der Waals surface area (Å²) >= 11 is 0. The number of fused-ring (bicyclic) bond motifs is 1. The van der Waals surface area contributed by atoms with Crippen LogP contribution in [0, 0.1) is 6.92 Å². The van der Waals surface area contributed by atoms with Crippen LogP contribution in [-0.4, -0.2) is 5.91 Å². The molecular weight excluding hydrogens is 338 g/mol. The van der Waals surface area contributed by atoms with Crippen molar-refractivity contribution in [1.82, 2.24) is 0 Å². The molecule has 0 spiro atoms. The molecule has 4 heteroatoms. The highest BCUT2D eigenvalue weighted by atomic mass is 16.3. The molecule has 0 unspecified atom stereocenters. The maximum absolute atomic E-state index is 12.5. The lowest BCUT2D eigenvalue weighted by molar-refractivity contribution is -0.111. The monoisotopic (exact) mass is 361 g/mol. The molecule has 0 aliphatic rings. The summed E-state index contributed by atoms with van der Waals surface area (Å²) in [6, 6.07) is 13.3. The zero-order valence-corrected chi connectivity index (χ0v) is 15.6. The van der Waals surface area contributed by atoms with Gasteiger partial charge in [-0.2, -0.15) is 0 Å². The van der Waals surface area contributed by atoms with Crippen LogP contribution in [0.15, 0.2) is 64.0 Å². The summed E-state index contributed by atoms with van der Waals surface area (Å²) in [5, 5.41) is 3.32. The van der Waals surface area contributed by atoms with Crippen molar-refractivity contribution in [1.29, 1.82) is 0 Å². The summed E-state index contributed by atoms with van der Waals surface area (Å²) in [5.74, 6) is -0.292. The fourth-order valence-corrected chi connectivity index (χ4v) is 2.86. The van der Waals surface area contributed by atoms with E-state index < -0.39 is 0 Å². The van der Waals surface area contributed by atoms with E-state index in [-0.39, 0.29) is 11.3 Å². The molecule has 1 aromatic heterocycles. The van der Waals surface area contributed by atoms with E-state index in [2.05, 4.69) is 12.2 Å². The van der Waals surface area contributed by atoms with Gasteiger partial charge in [0.1, 0.15) is 11.8 Å². The van der Waals surface area contributed by atoms with E-state index in [1.807, 2.05) is 37.3 Å². The van der Waals surface area contributed by atoms with Crippen molar-refractivity contribution < 1.29 is 9.21 Å². The third-order valence-corrected chi connectivity index (χ3v) is 4.41. The Bertz CT molecular complexity index is 1030. The number of benzene rings is 2. The van der Waals surface area contributed by atoms with Gasteiger partial charge in [0.15, 0.2) is 5.43 Å². The number of anilines is 1. The number of rotatable bonds is 6. The Labute approximate surface area is 158 Å². The van der Waals surface area contributed by atoms with Gasteiger partial charge in [0, 0.05) is 11.8 Å². The maximum Gasteiger partial charge on any atom is 0.248 e. The SMILES string of the molecule is CCCCc1ccc(NC(=O)/C=C/c2coc3ccc(C)cc3c2=O)cc1. The Hall–Kier alpha value is -3.14. The Morgan fingerprint density at radius 1 is 1.15 bits per heavy atom. The van der Waals surface area contributed by atoms with Gasteiger partial charge in [0.25, 0.3) is 0 Å². The third-order valence-electron chi connectivity index (χ3n) is 4.41. The van der Waals surface area contributed by atoms with Crippen LogP contribution in [0.1, 0.15) is 36.5 Å². The molecule has 0 aliphatic carbocycles. The highest BCUT2D eigenvalue weighted by Gasteiger charge is 2.06. The van der Waals surface area contributed by atoms with Crippen LogP contribution >= 0.6 is 0 Å². The molecule has 2 aromatic carbocycles.